The van der Waals surface area contributed by atoms with E-state index in [9.17, 15) is 5.11 Å². The van der Waals surface area contributed by atoms with Gasteiger partial charge in [-0.15, -0.1) is 11.3 Å². The highest BCUT2D eigenvalue weighted by Gasteiger charge is 2.31. The highest BCUT2D eigenvalue weighted by Crippen LogP contribution is 2.33. The minimum Gasteiger partial charge on any atom is -0.390 e. The molecule has 4 heteroatoms. The quantitative estimate of drug-likeness (QED) is 0.896. The van der Waals surface area contributed by atoms with Gasteiger partial charge < -0.3 is 10.8 Å². The Kier molecular flexibility index (Phi) is 4.66. The van der Waals surface area contributed by atoms with E-state index >= 15 is 0 Å². The molecule has 0 aliphatic carbocycles. The number of nitrogens with zero attached hydrogens (tertiary/aromatic N) is 1. The third-order valence-electron chi connectivity index (χ3n) is 4.16. The fraction of sp³-hybridized carbons (Fsp3) is 0.733. The van der Waals surface area contributed by atoms with Crippen LogP contribution in [0.5, 0.6) is 0 Å². The van der Waals surface area contributed by atoms with Crippen molar-refractivity contribution in [3.63, 3.8) is 0 Å². The summed E-state index contributed by atoms with van der Waals surface area (Å²) in [5.41, 5.74) is 7.07. The smallest absolute Gasteiger partial charge is 0.0632 e. The Morgan fingerprint density at radius 1 is 1.42 bits per heavy atom. The van der Waals surface area contributed by atoms with E-state index in [2.05, 4.69) is 30.2 Å². The fourth-order valence-corrected chi connectivity index (χ4v) is 4.16. The molecular weight excluding hydrogens is 256 g/mol. The van der Waals surface area contributed by atoms with E-state index in [1.54, 1.807) is 11.3 Å². The molecule has 3 nitrogen and oxygen atoms in total. The molecule has 0 radical (unpaired) electrons. The second-order valence-corrected chi connectivity index (χ2v) is 7.11. The van der Waals surface area contributed by atoms with E-state index in [1.165, 1.54) is 10.4 Å². The van der Waals surface area contributed by atoms with Crippen LogP contribution in [0.15, 0.2) is 11.4 Å². The number of likely N-dealkylation sites (tertiary alicyclic amines) is 1. The molecule has 3 N–H and O–H groups in total. The molecule has 1 aliphatic rings. The molecular formula is C15H26N2OS. The van der Waals surface area contributed by atoms with Crippen molar-refractivity contribution >= 4 is 11.3 Å². The van der Waals surface area contributed by atoms with Crippen molar-refractivity contribution in [2.75, 3.05) is 13.1 Å². The van der Waals surface area contributed by atoms with Crippen LogP contribution in [0.2, 0.25) is 0 Å². The molecule has 19 heavy (non-hydrogen) atoms. The number of hydrogen-bond acceptors (Lipinski definition) is 4. The molecule has 2 rings (SSSR count). The Morgan fingerprint density at radius 2 is 2.16 bits per heavy atom. The lowest BCUT2D eigenvalue weighted by atomic mass is 9.98. The van der Waals surface area contributed by atoms with Gasteiger partial charge in [0.15, 0.2) is 0 Å². The average molecular weight is 282 g/mol. The maximum absolute atomic E-state index is 10.2. The molecule has 3 atom stereocenters. The summed E-state index contributed by atoms with van der Waals surface area (Å²) < 4.78 is 0. The van der Waals surface area contributed by atoms with Crippen molar-refractivity contribution in [3.8, 4) is 0 Å². The zero-order valence-corrected chi connectivity index (χ0v) is 13.0. The third kappa shape index (κ3) is 3.57. The molecule has 1 saturated heterocycles. The highest BCUT2D eigenvalue weighted by atomic mass is 32.1. The SMILES string of the molecule is Cc1ccsc1C(C(C)N)N1CCCC(C)(O)CC1. The van der Waals surface area contributed by atoms with Crippen LogP contribution in [0.3, 0.4) is 0 Å². The average Bonchev–Trinajstić information content (AvgIpc) is 2.63. The molecule has 1 aromatic heterocycles. The Labute approximate surface area is 120 Å². The van der Waals surface area contributed by atoms with Gasteiger partial charge in [0.25, 0.3) is 0 Å². The van der Waals surface area contributed by atoms with Gasteiger partial charge in [0.05, 0.1) is 11.6 Å². The molecule has 108 valence electrons. The van der Waals surface area contributed by atoms with Crippen LogP contribution in [0.25, 0.3) is 0 Å². The van der Waals surface area contributed by atoms with Crippen molar-refractivity contribution in [2.24, 2.45) is 5.73 Å². The largest absolute Gasteiger partial charge is 0.390 e. The summed E-state index contributed by atoms with van der Waals surface area (Å²) in [6, 6.07) is 2.57. The van der Waals surface area contributed by atoms with Gasteiger partial charge in [-0.2, -0.15) is 0 Å². The maximum atomic E-state index is 10.2. The number of thiophene rings is 1. The molecule has 1 aliphatic heterocycles. The number of nitrogens with two attached hydrogens (primary N) is 1. The molecule has 2 heterocycles. The normalized spacial score (nSPS) is 28.9. The van der Waals surface area contributed by atoms with E-state index in [-0.39, 0.29) is 12.1 Å². The summed E-state index contributed by atoms with van der Waals surface area (Å²) in [6.07, 6.45) is 2.76. The second-order valence-electron chi connectivity index (χ2n) is 6.16. The van der Waals surface area contributed by atoms with Gasteiger partial charge in [-0.25, -0.2) is 0 Å². The van der Waals surface area contributed by atoms with Gasteiger partial charge in [0.1, 0.15) is 0 Å². The van der Waals surface area contributed by atoms with Crippen LogP contribution in [-0.2, 0) is 0 Å². The van der Waals surface area contributed by atoms with Crippen LogP contribution >= 0.6 is 11.3 Å². The zero-order chi connectivity index (χ0) is 14.0. The topological polar surface area (TPSA) is 49.5 Å². The molecule has 1 fully saturated rings. The van der Waals surface area contributed by atoms with Crippen molar-refractivity contribution in [2.45, 2.75) is 57.7 Å². The van der Waals surface area contributed by atoms with Gasteiger partial charge >= 0.3 is 0 Å². The van der Waals surface area contributed by atoms with Crippen LogP contribution < -0.4 is 5.73 Å². The van der Waals surface area contributed by atoms with Crippen molar-refractivity contribution in [3.05, 3.63) is 21.9 Å². The Bertz CT molecular complexity index is 414. The van der Waals surface area contributed by atoms with E-state index in [4.69, 9.17) is 5.73 Å². The standard InChI is InChI=1S/C15H26N2OS/c1-11-5-10-19-14(11)13(12(2)16)17-8-4-6-15(3,18)7-9-17/h5,10,12-13,18H,4,6-9,16H2,1-3H3. The van der Waals surface area contributed by atoms with Gasteiger partial charge in [-0.05, 0) is 63.6 Å². The summed E-state index contributed by atoms with van der Waals surface area (Å²) in [5.74, 6) is 0. The molecule has 3 unspecified atom stereocenters. The van der Waals surface area contributed by atoms with Crippen LogP contribution in [-0.4, -0.2) is 34.7 Å². The minimum atomic E-state index is -0.512. The first-order valence-corrected chi connectivity index (χ1v) is 8.05. The number of aryl methyl sites for hydroxylation is 1. The molecule has 0 saturated carbocycles. The molecule has 0 amide bonds. The monoisotopic (exact) mass is 282 g/mol. The fourth-order valence-electron chi connectivity index (χ4n) is 2.99. The van der Waals surface area contributed by atoms with Gasteiger partial charge in [-0.1, -0.05) is 0 Å². The number of rotatable bonds is 3. The van der Waals surface area contributed by atoms with Gasteiger partial charge in [0.2, 0.25) is 0 Å². The minimum absolute atomic E-state index is 0.111. The van der Waals surface area contributed by atoms with Crippen LogP contribution in [0.4, 0.5) is 0 Å². The van der Waals surface area contributed by atoms with Crippen LogP contribution in [0.1, 0.15) is 49.6 Å². The predicted octanol–water partition coefficient (Wildman–Crippen LogP) is 2.68. The first kappa shape index (κ1) is 15.0. The number of aliphatic hydroxyl groups is 1. The Hall–Kier alpha value is -0.420. The summed E-state index contributed by atoms with van der Waals surface area (Å²) in [5, 5.41) is 12.4. The van der Waals surface area contributed by atoms with Crippen molar-refractivity contribution < 1.29 is 5.11 Å². The molecule has 0 spiro atoms. The van der Waals surface area contributed by atoms with Gasteiger partial charge in [0, 0.05) is 17.5 Å². The maximum Gasteiger partial charge on any atom is 0.0632 e. The third-order valence-corrected chi connectivity index (χ3v) is 5.25. The summed E-state index contributed by atoms with van der Waals surface area (Å²) in [4.78, 5) is 3.85. The highest BCUT2D eigenvalue weighted by molar-refractivity contribution is 7.10. The zero-order valence-electron chi connectivity index (χ0n) is 12.2. The van der Waals surface area contributed by atoms with E-state index in [1.807, 2.05) is 6.92 Å². The lowest BCUT2D eigenvalue weighted by molar-refractivity contribution is 0.0425. The predicted molar refractivity (Wildman–Crippen MR) is 81.5 cm³/mol. The Balaban J connectivity index is 2.18. The van der Waals surface area contributed by atoms with E-state index in [0.29, 0.717) is 0 Å². The molecule has 0 bridgehead atoms. The summed E-state index contributed by atoms with van der Waals surface area (Å²) in [7, 11) is 0. The first-order valence-electron chi connectivity index (χ1n) is 7.17. The molecule has 1 aromatic rings. The molecule has 0 aromatic carbocycles. The van der Waals surface area contributed by atoms with Crippen LogP contribution in [0, 0.1) is 6.92 Å². The Morgan fingerprint density at radius 3 is 2.74 bits per heavy atom. The lowest BCUT2D eigenvalue weighted by Gasteiger charge is -2.33. The summed E-state index contributed by atoms with van der Waals surface area (Å²) >= 11 is 1.80. The van der Waals surface area contributed by atoms with Crippen molar-refractivity contribution in [1.82, 2.24) is 4.90 Å². The van der Waals surface area contributed by atoms with Crippen molar-refractivity contribution in [1.29, 1.82) is 0 Å². The van der Waals surface area contributed by atoms with E-state index < -0.39 is 5.60 Å². The van der Waals surface area contributed by atoms with Gasteiger partial charge in [-0.3, -0.25) is 4.90 Å². The lowest BCUT2D eigenvalue weighted by Crippen LogP contribution is -2.40. The van der Waals surface area contributed by atoms with E-state index in [0.717, 1.165) is 32.4 Å². The second kappa shape index (κ2) is 5.92. The number of hydrogen-bond donors (Lipinski definition) is 2. The summed E-state index contributed by atoms with van der Waals surface area (Å²) in [6.45, 7) is 8.16. The first-order chi connectivity index (χ1) is 8.91.